The van der Waals surface area contributed by atoms with Crippen LogP contribution in [0.3, 0.4) is 0 Å². The van der Waals surface area contributed by atoms with Crippen LogP contribution in [0.15, 0.2) is 24.3 Å². The molecule has 148 valence electrons. The highest BCUT2D eigenvalue weighted by atomic mass is 16.5. The molecule has 7 heteroatoms. The largest absolute Gasteiger partial charge is 0.462 e. The molecule has 0 aromatic heterocycles. The summed E-state index contributed by atoms with van der Waals surface area (Å²) in [6.07, 6.45) is 2.66. The molecular weight excluding hydrogens is 344 g/mol. The number of ether oxygens (including phenoxy) is 1. The number of anilines is 1. The molecule has 0 saturated carbocycles. The Kier molecular flexibility index (Phi) is 7.06. The van der Waals surface area contributed by atoms with Crippen molar-refractivity contribution in [2.45, 2.75) is 19.8 Å². The van der Waals surface area contributed by atoms with Crippen molar-refractivity contribution in [1.82, 2.24) is 14.7 Å². The first kappa shape index (κ1) is 19.6. The molecule has 0 spiro atoms. The van der Waals surface area contributed by atoms with E-state index < -0.39 is 0 Å². The second-order valence-corrected chi connectivity index (χ2v) is 7.11. The fourth-order valence-corrected chi connectivity index (χ4v) is 3.57. The second kappa shape index (κ2) is 9.71. The quantitative estimate of drug-likeness (QED) is 0.773. The topological polar surface area (TPSA) is 65.1 Å². The molecule has 1 aromatic carbocycles. The predicted octanol–water partition coefficient (Wildman–Crippen LogP) is 2.11. The molecule has 2 aliphatic rings. The Morgan fingerprint density at radius 1 is 0.926 bits per heavy atom. The van der Waals surface area contributed by atoms with Gasteiger partial charge in [0.1, 0.15) is 0 Å². The average Bonchev–Trinajstić information content (AvgIpc) is 3.21. The fraction of sp³-hybridized carbons (Fsp3) is 0.600. The van der Waals surface area contributed by atoms with Crippen molar-refractivity contribution < 1.29 is 14.3 Å². The molecule has 2 heterocycles. The van der Waals surface area contributed by atoms with Crippen LogP contribution in [0.25, 0.3) is 0 Å². The van der Waals surface area contributed by atoms with Crippen molar-refractivity contribution in [3.63, 3.8) is 0 Å². The molecule has 1 N–H and O–H groups in total. The number of nitrogens with one attached hydrogen (secondary N) is 1. The third-order valence-electron chi connectivity index (χ3n) is 5.24. The van der Waals surface area contributed by atoms with Gasteiger partial charge in [0.2, 0.25) is 0 Å². The van der Waals surface area contributed by atoms with Crippen LogP contribution in [-0.2, 0) is 4.74 Å². The van der Waals surface area contributed by atoms with Crippen LogP contribution in [0.2, 0.25) is 0 Å². The second-order valence-electron chi connectivity index (χ2n) is 7.11. The molecule has 7 nitrogen and oxygen atoms in total. The molecule has 0 bridgehead atoms. The van der Waals surface area contributed by atoms with E-state index in [1.165, 1.54) is 25.9 Å². The maximum atomic E-state index is 12.5. The summed E-state index contributed by atoms with van der Waals surface area (Å²) >= 11 is 0. The number of piperazine rings is 1. The summed E-state index contributed by atoms with van der Waals surface area (Å²) in [7, 11) is 0. The van der Waals surface area contributed by atoms with E-state index in [0.29, 0.717) is 17.9 Å². The zero-order chi connectivity index (χ0) is 19.1. The molecular formula is C20H30N4O3. The highest BCUT2D eigenvalue weighted by Crippen LogP contribution is 2.13. The summed E-state index contributed by atoms with van der Waals surface area (Å²) in [6.45, 7) is 10.1. The van der Waals surface area contributed by atoms with E-state index in [2.05, 4.69) is 15.1 Å². The Balaban J connectivity index is 1.40. The molecule has 2 saturated heterocycles. The van der Waals surface area contributed by atoms with Crippen LogP contribution in [-0.4, -0.2) is 85.7 Å². The SMILES string of the molecule is CCOC(=O)c1ccc(NC(=O)N2CCN(CCN3CCCC3)CC2)cc1. The van der Waals surface area contributed by atoms with Gasteiger partial charge in [-0.15, -0.1) is 0 Å². The number of hydrogen-bond acceptors (Lipinski definition) is 5. The van der Waals surface area contributed by atoms with Crippen molar-refractivity contribution in [1.29, 1.82) is 0 Å². The monoisotopic (exact) mass is 374 g/mol. The number of amides is 2. The first-order chi connectivity index (χ1) is 13.2. The lowest BCUT2D eigenvalue weighted by atomic mass is 10.2. The zero-order valence-corrected chi connectivity index (χ0v) is 16.2. The van der Waals surface area contributed by atoms with Gasteiger partial charge in [-0.25, -0.2) is 9.59 Å². The van der Waals surface area contributed by atoms with Crippen LogP contribution >= 0.6 is 0 Å². The Labute approximate surface area is 161 Å². The van der Waals surface area contributed by atoms with Crippen LogP contribution < -0.4 is 5.32 Å². The molecule has 1 aromatic rings. The zero-order valence-electron chi connectivity index (χ0n) is 16.2. The van der Waals surface area contributed by atoms with E-state index in [4.69, 9.17) is 4.74 Å². The number of esters is 1. The predicted molar refractivity (Wildman–Crippen MR) is 105 cm³/mol. The van der Waals surface area contributed by atoms with Crippen LogP contribution in [0, 0.1) is 0 Å². The van der Waals surface area contributed by atoms with Crippen molar-refractivity contribution in [3.05, 3.63) is 29.8 Å². The molecule has 0 unspecified atom stereocenters. The number of benzene rings is 1. The van der Waals surface area contributed by atoms with Gasteiger partial charge in [0.15, 0.2) is 0 Å². The smallest absolute Gasteiger partial charge is 0.338 e. The first-order valence-corrected chi connectivity index (χ1v) is 9.93. The number of hydrogen-bond donors (Lipinski definition) is 1. The number of carbonyl (C=O) groups is 2. The summed E-state index contributed by atoms with van der Waals surface area (Å²) < 4.78 is 4.96. The molecule has 2 amide bonds. The number of nitrogens with zero attached hydrogens (tertiary/aromatic N) is 3. The van der Waals surface area contributed by atoms with E-state index in [1.807, 2.05) is 4.90 Å². The Morgan fingerprint density at radius 2 is 1.52 bits per heavy atom. The van der Waals surface area contributed by atoms with Gasteiger partial charge >= 0.3 is 12.0 Å². The van der Waals surface area contributed by atoms with Crippen LogP contribution in [0.1, 0.15) is 30.1 Å². The summed E-state index contributed by atoms with van der Waals surface area (Å²) in [5, 5.41) is 2.91. The average molecular weight is 374 g/mol. The maximum absolute atomic E-state index is 12.5. The minimum atomic E-state index is -0.347. The molecule has 2 fully saturated rings. The highest BCUT2D eigenvalue weighted by Gasteiger charge is 2.22. The molecule has 27 heavy (non-hydrogen) atoms. The molecule has 0 radical (unpaired) electrons. The first-order valence-electron chi connectivity index (χ1n) is 9.93. The van der Waals surface area contributed by atoms with Crippen LogP contribution in [0.4, 0.5) is 10.5 Å². The summed E-state index contributed by atoms with van der Waals surface area (Å²) in [5.41, 5.74) is 1.17. The lowest BCUT2D eigenvalue weighted by molar-refractivity contribution is 0.0526. The highest BCUT2D eigenvalue weighted by molar-refractivity contribution is 5.92. The third-order valence-corrected chi connectivity index (χ3v) is 5.24. The summed E-state index contributed by atoms with van der Waals surface area (Å²) in [4.78, 5) is 30.9. The van der Waals surface area contributed by atoms with Gasteiger partial charge in [-0.3, -0.25) is 4.90 Å². The number of rotatable bonds is 6. The van der Waals surface area contributed by atoms with E-state index in [9.17, 15) is 9.59 Å². The Morgan fingerprint density at radius 3 is 2.11 bits per heavy atom. The Hall–Kier alpha value is -2.12. The minimum Gasteiger partial charge on any atom is -0.462 e. The number of likely N-dealkylation sites (tertiary alicyclic amines) is 1. The van der Waals surface area contributed by atoms with E-state index in [1.54, 1.807) is 31.2 Å². The molecule has 3 rings (SSSR count). The Bertz CT molecular complexity index is 621. The van der Waals surface area contributed by atoms with Crippen molar-refractivity contribution >= 4 is 17.7 Å². The summed E-state index contributed by atoms with van der Waals surface area (Å²) in [6, 6.07) is 6.72. The minimum absolute atomic E-state index is 0.0851. The van der Waals surface area contributed by atoms with Gasteiger partial charge in [0, 0.05) is 45.0 Å². The molecule has 2 aliphatic heterocycles. The summed E-state index contributed by atoms with van der Waals surface area (Å²) in [5.74, 6) is -0.347. The van der Waals surface area contributed by atoms with Gasteiger partial charge < -0.3 is 19.9 Å². The molecule has 0 aliphatic carbocycles. The number of urea groups is 1. The fourth-order valence-electron chi connectivity index (χ4n) is 3.57. The van der Waals surface area contributed by atoms with Gasteiger partial charge in [0.25, 0.3) is 0 Å². The standard InChI is InChI=1S/C20H30N4O3/c1-2-27-19(25)17-5-7-18(8-6-17)21-20(26)24-15-13-23(14-16-24)12-11-22-9-3-4-10-22/h5-8H,2-4,9-16H2,1H3,(H,21,26). The third kappa shape index (κ3) is 5.68. The van der Waals surface area contributed by atoms with E-state index in [0.717, 1.165) is 39.3 Å². The van der Waals surface area contributed by atoms with E-state index in [-0.39, 0.29) is 12.0 Å². The van der Waals surface area contributed by atoms with Crippen molar-refractivity contribution in [2.24, 2.45) is 0 Å². The number of carbonyl (C=O) groups excluding carboxylic acids is 2. The van der Waals surface area contributed by atoms with Gasteiger partial charge in [0.05, 0.1) is 12.2 Å². The van der Waals surface area contributed by atoms with E-state index >= 15 is 0 Å². The normalized spacial score (nSPS) is 18.5. The van der Waals surface area contributed by atoms with Gasteiger partial charge in [-0.1, -0.05) is 0 Å². The lowest BCUT2D eigenvalue weighted by Crippen LogP contribution is -2.51. The van der Waals surface area contributed by atoms with Crippen LogP contribution in [0.5, 0.6) is 0 Å². The van der Waals surface area contributed by atoms with Gasteiger partial charge in [-0.05, 0) is 57.1 Å². The molecule has 0 atom stereocenters. The van der Waals surface area contributed by atoms with Crippen molar-refractivity contribution in [3.8, 4) is 0 Å². The lowest BCUT2D eigenvalue weighted by Gasteiger charge is -2.35. The van der Waals surface area contributed by atoms with Crippen molar-refractivity contribution in [2.75, 3.05) is 64.3 Å². The van der Waals surface area contributed by atoms with Gasteiger partial charge in [-0.2, -0.15) is 0 Å². The maximum Gasteiger partial charge on any atom is 0.338 e.